The number of carbonyl (C=O) groups excluding carboxylic acids is 1. The highest BCUT2D eigenvalue weighted by Crippen LogP contribution is 2.35. The molecule has 0 spiro atoms. The molecule has 0 atom stereocenters. The summed E-state index contributed by atoms with van der Waals surface area (Å²) in [6.07, 6.45) is -2.25. The quantitative estimate of drug-likeness (QED) is 0.397. The zero-order valence-corrected chi connectivity index (χ0v) is 18.7. The highest BCUT2D eigenvalue weighted by molar-refractivity contribution is 6.31. The summed E-state index contributed by atoms with van der Waals surface area (Å²) in [4.78, 5) is 20.1. The number of pyridine rings is 2. The Bertz CT molecular complexity index is 1170. The average molecular weight is 500 g/mol. The van der Waals surface area contributed by atoms with Crippen LogP contribution in [0.15, 0.2) is 54.9 Å². The van der Waals surface area contributed by atoms with Gasteiger partial charge in [-0.3, -0.25) is 9.78 Å². The maximum Gasteiger partial charge on any atom is 0.417 e. The van der Waals surface area contributed by atoms with Crippen LogP contribution in [0.5, 0.6) is 5.88 Å². The number of carbonyl (C=O) groups is 1. The molecule has 180 valence electrons. The van der Waals surface area contributed by atoms with Crippen LogP contribution in [0, 0.1) is 0 Å². The fourth-order valence-electron chi connectivity index (χ4n) is 3.03. The molecule has 5 nitrogen and oxygen atoms in total. The van der Waals surface area contributed by atoms with E-state index in [1.165, 1.54) is 18.3 Å². The lowest BCUT2D eigenvalue weighted by molar-refractivity contribution is -0.137. The van der Waals surface area contributed by atoms with E-state index >= 15 is 0 Å². The largest absolute Gasteiger partial charge is 0.475 e. The van der Waals surface area contributed by atoms with Crippen LogP contribution in [0.2, 0.25) is 5.02 Å². The number of hydrogen-bond acceptors (Lipinski definition) is 4. The van der Waals surface area contributed by atoms with Gasteiger partial charge in [0, 0.05) is 29.6 Å². The highest BCUT2D eigenvalue weighted by atomic mass is 35.5. The first-order chi connectivity index (χ1) is 15.9. The summed E-state index contributed by atoms with van der Waals surface area (Å²) >= 11 is 6.03. The van der Waals surface area contributed by atoms with E-state index in [1.54, 1.807) is 12.1 Å². The maximum absolute atomic E-state index is 14.7. The molecule has 0 saturated carbocycles. The van der Waals surface area contributed by atoms with Crippen molar-refractivity contribution in [3.63, 3.8) is 0 Å². The van der Waals surface area contributed by atoms with Crippen LogP contribution in [0.1, 0.15) is 35.5 Å². The van der Waals surface area contributed by atoms with Crippen molar-refractivity contribution < 1.29 is 31.5 Å². The van der Waals surface area contributed by atoms with E-state index in [0.29, 0.717) is 23.1 Å². The molecule has 1 N–H and O–H groups in total. The van der Waals surface area contributed by atoms with Gasteiger partial charge in [0.15, 0.2) is 0 Å². The van der Waals surface area contributed by atoms with Gasteiger partial charge >= 0.3 is 12.1 Å². The van der Waals surface area contributed by atoms with Crippen LogP contribution < -0.4 is 10.1 Å². The van der Waals surface area contributed by atoms with Crippen LogP contribution >= 0.6 is 11.6 Å². The van der Waals surface area contributed by atoms with Gasteiger partial charge in [-0.15, -0.1) is 0 Å². The van der Waals surface area contributed by atoms with E-state index in [9.17, 15) is 26.7 Å². The van der Waals surface area contributed by atoms with Crippen molar-refractivity contribution in [1.29, 1.82) is 0 Å². The van der Waals surface area contributed by atoms with Crippen LogP contribution in [-0.2, 0) is 12.1 Å². The molecular weight excluding hydrogens is 481 g/mol. The number of ether oxygens (including phenoxy) is 1. The molecule has 0 unspecified atom stereocenters. The van der Waals surface area contributed by atoms with Crippen LogP contribution in [0.3, 0.4) is 0 Å². The summed E-state index contributed by atoms with van der Waals surface area (Å²) in [7, 11) is 0. The van der Waals surface area contributed by atoms with Crippen molar-refractivity contribution >= 4 is 17.5 Å². The number of nitrogens with one attached hydrogen (secondary N) is 1. The van der Waals surface area contributed by atoms with E-state index in [0.717, 1.165) is 18.3 Å². The Hall–Kier alpha value is -3.27. The summed E-state index contributed by atoms with van der Waals surface area (Å²) in [5, 5.41) is 1.45. The van der Waals surface area contributed by atoms with Crippen molar-refractivity contribution in [2.75, 3.05) is 6.54 Å². The van der Waals surface area contributed by atoms with Gasteiger partial charge in [0.25, 0.3) is 5.91 Å². The number of halogens is 6. The van der Waals surface area contributed by atoms with E-state index in [-0.39, 0.29) is 11.1 Å². The predicted molar refractivity (Wildman–Crippen MR) is 116 cm³/mol. The van der Waals surface area contributed by atoms with Gasteiger partial charge in [-0.05, 0) is 38.1 Å². The van der Waals surface area contributed by atoms with Crippen LogP contribution in [0.4, 0.5) is 22.0 Å². The third-order valence-electron chi connectivity index (χ3n) is 4.56. The van der Waals surface area contributed by atoms with Gasteiger partial charge in [0.2, 0.25) is 5.88 Å². The fourth-order valence-corrected chi connectivity index (χ4v) is 3.33. The number of alkyl halides is 5. The molecule has 0 aliphatic carbocycles. The van der Waals surface area contributed by atoms with Gasteiger partial charge in [-0.25, -0.2) is 4.98 Å². The van der Waals surface area contributed by atoms with E-state index in [2.05, 4.69) is 9.97 Å². The molecule has 34 heavy (non-hydrogen) atoms. The summed E-state index contributed by atoms with van der Waals surface area (Å²) < 4.78 is 74.2. The van der Waals surface area contributed by atoms with E-state index in [1.807, 2.05) is 19.2 Å². The second-order valence-electron chi connectivity index (χ2n) is 7.54. The molecule has 11 heteroatoms. The predicted octanol–water partition coefficient (Wildman–Crippen LogP) is 6.12. The summed E-state index contributed by atoms with van der Waals surface area (Å²) in [5.74, 6) is -4.65. The topological polar surface area (TPSA) is 64.1 Å². The van der Waals surface area contributed by atoms with Gasteiger partial charge in [-0.2, -0.15) is 22.0 Å². The molecule has 2 heterocycles. The molecule has 3 aromatic rings. The van der Waals surface area contributed by atoms with Crippen LogP contribution in [-0.4, -0.2) is 28.5 Å². The molecule has 0 bridgehead atoms. The molecular formula is C23H19ClF5N3O2. The van der Waals surface area contributed by atoms with Crippen molar-refractivity contribution in [1.82, 2.24) is 15.3 Å². The molecule has 1 aromatic carbocycles. The van der Waals surface area contributed by atoms with Crippen molar-refractivity contribution in [2.45, 2.75) is 32.1 Å². The average Bonchev–Trinajstić information content (AvgIpc) is 2.77. The second-order valence-corrected chi connectivity index (χ2v) is 7.94. The Morgan fingerprint density at radius 1 is 1.03 bits per heavy atom. The number of rotatable bonds is 7. The van der Waals surface area contributed by atoms with Gasteiger partial charge < -0.3 is 10.1 Å². The Morgan fingerprint density at radius 2 is 1.71 bits per heavy atom. The molecule has 3 rings (SSSR count). The minimum Gasteiger partial charge on any atom is -0.475 e. The summed E-state index contributed by atoms with van der Waals surface area (Å²) in [6, 6.07) is 8.44. The standard InChI is InChI=1S/C23H19ClF5N3O2/c1-13(2)34-19-8-7-14(10-30-19)15-9-18(24)20(31-11-15)22(25,26)12-32-21(33)16-5-3-4-6-17(16)23(27,28)29/h3-11,13H,12H2,1-2H3,(H,32,33). The third kappa shape index (κ3) is 5.99. The van der Waals surface area contributed by atoms with Gasteiger partial charge in [0.1, 0.15) is 5.69 Å². The fraction of sp³-hybridized carbons (Fsp3) is 0.261. The zero-order chi connectivity index (χ0) is 25.1. The molecule has 1 amide bonds. The summed E-state index contributed by atoms with van der Waals surface area (Å²) in [5.41, 5.74) is -1.85. The minimum atomic E-state index is -4.81. The summed E-state index contributed by atoms with van der Waals surface area (Å²) in [6.45, 7) is 2.39. The van der Waals surface area contributed by atoms with Crippen molar-refractivity contribution in [2.24, 2.45) is 0 Å². The smallest absolute Gasteiger partial charge is 0.417 e. The highest BCUT2D eigenvalue weighted by Gasteiger charge is 2.38. The first kappa shape index (κ1) is 25.4. The third-order valence-corrected chi connectivity index (χ3v) is 4.85. The number of hydrogen-bond donors (Lipinski definition) is 1. The maximum atomic E-state index is 14.7. The van der Waals surface area contributed by atoms with E-state index in [4.69, 9.17) is 16.3 Å². The molecule has 0 radical (unpaired) electrons. The number of nitrogens with zero attached hydrogens (tertiary/aromatic N) is 2. The van der Waals surface area contributed by atoms with Crippen molar-refractivity contribution in [3.05, 3.63) is 76.7 Å². The Kier molecular flexibility index (Phi) is 7.40. The van der Waals surface area contributed by atoms with Crippen LogP contribution in [0.25, 0.3) is 11.1 Å². The zero-order valence-electron chi connectivity index (χ0n) is 18.0. The number of amides is 1. The normalized spacial score (nSPS) is 12.0. The second kappa shape index (κ2) is 9.92. The molecule has 0 fully saturated rings. The first-order valence-electron chi connectivity index (χ1n) is 10.00. The van der Waals surface area contributed by atoms with Gasteiger partial charge in [0.05, 0.1) is 28.8 Å². The Labute approximate surface area is 196 Å². The monoisotopic (exact) mass is 499 g/mol. The Balaban J connectivity index is 1.75. The molecule has 0 aliphatic rings. The van der Waals surface area contributed by atoms with Crippen molar-refractivity contribution in [3.8, 4) is 17.0 Å². The first-order valence-corrected chi connectivity index (χ1v) is 10.4. The Morgan fingerprint density at radius 3 is 2.29 bits per heavy atom. The lowest BCUT2D eigenvalue weighted by Crippen LogP contribution is -2.36. The lowest BCUT2D eigenvalue weighted by atomic mass is 10.1. The van der Waals surface area contributed by atoms with Gasteiger partial charge in [-0.1, -0.05) is 23.7 Å². The molecule has 0 saturated heterocycles. The minimum absolute atomic E-state index is 0.0709. The number of benzene rings is 1. The molecule has 0 aliphatic heterocycles. The molecule has 2 aromatic heterocycles. The lowest BCUT2D eigenvalue weighted by Gasteiger charge is -2.19. The number of aromatic nitrogens is 2. The van der Waals surface area contributed by atoms with E-state index < -0.39 is 41.4 Å². The SMILES string of the molecule is CC(C)Oc1ccc(-c2cnc(C(F)(F)CNC(=O)c3ccccc3C(F)(F)F)c(Cl)c2)cn1.